The molecule has 1 fully saturated rings. The van der Waals surface area contributed by atoms with Gasteiger partial charge in [-0.15, -0.1) is 0 Å². The Balaban J connectivity index is 2.53. The molecule has 0 saturated carbocycles. The van der Waals surface area contributed by atoms with Crippen LogP contribution in [0.25, 0.3) is 0 Å². The molecule has 1 saturated heterocycles. The zero-order valence-electron chi connectivity index (χ0n) is 10.3. The molecule has 11 heteroatoms. The molecule has 18 heavy (non-hydrogen) atoms. The third-order valence-electron chi connectivity index (χ3n) is 2.41. The molecule has 1 aliphatic rings. The second-order valence-electron chi connectivity index (χ2n) is 3.72. The molecule has 1 heterocycles. The molecule has 4 atom stereocenters. The van der Waals surface area contributed by atoms with Gasteiger partial charge in [0.2, 0.25) is 0 Å². The monoisotopic (exact) mass is 243 g/mol. The van der Waals surface area contributed by atoms with Crippen LogP contribution in [0.15, 0.2) is 0 Å². The van der Waals surface area contributed by atoms with Gasteiger partial charge in [0.15, 0.2) is 0 Å². The van der Waals surface area contributed by atoms with Crippen LogP contribution in [0.5, 0.6) is 0 Å². The summed E-state index contributed by atoms with van der Waals surface area (Å²) in [6.45, 7) is 8.54. The van der Waals surface area contributed by atoms with E-state index < -0.39 is 24.6 Å². The summed E-state index contributed by atoms with van der Waals surface area (Å²) in [5, 5.41) is 19.3. The third-order valence-corrected chi connectivity index (χ3v) is 2.41. The van der Waals surface area contributed by atoms with Crippen molar-refractivity contribution >= 4 is 41.1 Å². The van der Waals surface area contributed by atoms with Crippen molar-refractivity contribution in [1.82, 2.24) is 0 Å². The molecule has 1 rings (SSSR count). The minimum absolute atomic E-state index is 0.00959. The summed E-state index contributed by atoms with van der Waals surface area (Å²) in [5.74, 6) is 0. The first kappa shape index (κ1) is 16.1. The van der Waals surface area contributed by atoms with Crippen LogP contribution in [0.3, 0.4) is 0 Å². The number of ether oxygens (including phenoxy) is 2. The van der Waals surface area contributed by atoms with Gasteiger partial charge in [0, 0.05) is 0 Å². The van der Waals surface area contributed by atoms with E-state index in [1.54, 1.807) is 27.0 Å². The Morgan fingerprint density at radius 3 is 2.78 bits per heavy atom. The molecule has 1 radical (unpaired) electrons. The Morgan fingerprint density at radius 1 is 1.33 bits per heavy atom. The van der Waals surface area contributed by atoms with Crippen LogP contribution in [0.4, 0.5) is 0 Å². The average molecular weight is 242 g/mol. The van der Waals surface area contributed by atoms with E-state index in [2.05, 4.69) is 0 Å². The molecule has 1 aliphatic heterocycles. The summed E-state index contributed by atoms with van der Waals surface area (Å²) >= 11 is 0. The van der Waals surface area contributed by atoms with Gasteiger partial charge in [0.25, 0.3) is 0 Å². The number of aliphatic hydroxyl groups is 2. The van der Waals surface area contributed by atoms with Crippen LogP contribution in [-0.4, -0.2) is 89.2 Å². The molecule has 5 nitrogen and oxygen atoms in total. The second kappa shape index (κ2) is 9.02. The van der Waals surface area contributed by atoms with Crippen molar-refractivity contribution in [3.05, 3.63) is 0 Å². The van der Waals surface area contributed by atoms with Crippen molar-refractivity contribution in [3.8, 4) is 0 Å². The molecular weight excluding hydrogens is 229 g/mol. The van der Waals surface area contributed by atoms with E-state index >= 15 is 0 Å². The molecule has 89 valence electrons. The van der Waals surface area contributed by atoms with Crippen molar-refractivity contribution < 1.29 is 24.3 Å². The quantitative estimate of drug-likeness (QED) is 0.477. The van der Waals surface area contributed by atoms with Crippen molar-refractivity contribution in [2.45, 2.75) is 31.5 Å². The third kappa shape index (κ3) is 4.96. The van der Waals surface area contributed by atoms with Crippen LogP contribution in [0, 0.1) is 0 Å². The fourth-order valence-electron chi connectivity index (χ4n) is 1.55. The molecule has 0 aromatic rings. The first-order valence-electron chi connectivity index (χ1n) is 5.82. The van der Waals surface area contributed by atoms with E-state index in [-0.39, 0.29) is 6.61 Å². The number of aliphatic hydroxyl groups excluding tert-OH is 2. The fraction of sp³-hybridized carbons (Fsp3) is 1.00. The van der Waals surface area contributed by atoms with Crippen LogP contribution < -0.4 is 0 Å². The Morgan fingerprint density at radius 2 is 2.11 bits per heavy atom. The molecule has 0 spiro atoms. The minimum atomic E-state index is -1.02. The summed E-state index contributed by atoms with van der Waals surface area (Å²) in [5.41, 5.74) is 0. The maximum absolute atomic E-state index is 9.79. The van der Waals surface area contributed by atoms with Gasteiger partial charge in [-0.05, 0) is 0 Å². The van der Waals surface area contributed by atoms with Crippen molar-refractivity contribution in [2.24, 2.45) is 0 Å². The Hall–Kier alpha value is 0.0296. The molecule has 2 N–H and O–H groups in total. The van der Waals surface area contributed by atoms with Crippen LogP contribution in [0.2, 0.25) is 0 Å². The van der Waals surface area contributed by atoms with E-state index in [0.717, 1.165) is 0 Å². The first-order chi connectivity index (χ1) is 8.70. The van der Waals surface area contributed by atoms with Crippen LogP contribution in [-0.2, 0) is 14.1 Å². The molecule has 0 amide bonds. The van der Waals surface area contributed by atoms with E-state index in [1.807, 2.05) is 0 Å². The van der Waals surface area contributed by atoms with Gasteiger partial charge in [0.05, 0.1) is 0 Å². The normalized spacial score (nSPS) is 31.0. The van der Waals surface area contributed by atoms with E-state index in [9.17, 15) is 10.2 Å². The summed E-state index contributed by atoms with van der Waals surface area (Å²) in [6.07, 6.45) is -3.44. The molecule has 0 aliphatic carbocycles. The Kier molecular flexibility index (Phi) is 8.06. The van der Waals surface area contributed by atoms with E-state index in [4.69, 9.17) is 21.5 Å². The predicted octanol–water partition coefficient (Wildman–Crippen LogP) is -3.33. The summed E-state index contributed by atoms with van der Waals surface area (Å²) in [6, 6.07) is 0. The van der Waals surface area contributed by atoms with Crippen LogP contribution >= 0.6 is 0 Å². The first-order valence-corrected chi connectivity index (χ1v) is 5.82. The van der Waals surface area contributed by atoms with Crippen molar-refractivity contribution in [1.29, 1.82) is 0 Å². The molecule has 0 aromatic heterocycles. The maximum atomic E-state index is 9.79. The topological polar surface area (TPSA) is 68.2 Å². The van der Waals surface area contributed by atoms with E-state index in [1.165, 1.54) is 13.7 Å². The number of rotatable bonds is 6. The number of hydrogen-bond donors (Lipinski definition) is 2. The van der Waals surface area contributed by atoms with Gasteiger partial charge < -0.3 is 0 Å². The van der Waals surface area contributed by atoms with Crippen molar-refractivity contribution in [3.63, 3.8) is 0 Å². The zero-order chi connectivity index (χ0) is 13.4. The van der Waals surface area contributed by atoms with Gasteiger partial charge >= 0.3 is 110 Å². The summed E-state index contributed by atoms with van der Waals surface area (Å²) < 4.78 is 15.9. The molecule has 0 unspecified atom stereocenters. The van der Waals surface area contributed by atoms with Gasteiger partial charge in [-0.2, -0.15) is 0 Å². The van der Waals surface area contributed by atoms with Gasteiger partial charge in [0.1, 0.15) is 0 Å². The Bertz CT molecular complexity index is 313. The Labute approximate surface area is 111 Å². The fourth-order valence-corrected chi connectivity index (χ4v) is 1.55. The van der Waals surface area contributed by atoms with Gasteiger partial charge in [-0.3, -0.25) is 0 Å². The van der Waals surface area contributed by atoms with Gasteiger partial charge in [-0.1, -0.05) is 0 Å². The molecule has 0 aromatic carbocycles. The van der Waals surface area contributed by atoms with Crippen LogP contribution in [0.1, 0.15) is 6.92 Å². The summed E-state index contributed by atoms with van der Waals surface area (Å²) in [7, 11) is 6.57. The predicted molar refractivity (Wildman–Crippen MR) is 72.8 cm³/mol. The van der Waals surface area contributed by atoms with E-state index in [0.29, 0.717) is 6.61 Å². The SMILES string of the molecule is [B]=BB=BB=BO[C@H]1OC[C@H](O)[C@H](O)[C@H]1OCC. The molecular formula is C7H13B6O5. The standard InChI is InChI=1S/C7H13B6O5/c1-2-16-6-5(15)4(14)3-17-7(6)18-13-12-11-10-9-8/h4-7,14-15H,2-3H2,1H3/t4-,5-,6+,7+/m0/s1. The average Bonchev–Trinajstić information content (AvgIpc) is 2.37. The number of hydrogen-bond acceptors (Lipinski definition) is 5. The zero-order valence-corrected chi connectivity index (χ0v) is 10.3. The van der Waals surface area contributed by atoms with Crippen molar-refractivity contribution in [2.75, 3.05) is 13.2 Å². The van der Waals surface area contributed by atoms with Gasteiger partial charge in [-0.25, -0.2) is 0 Å². The molecule has 0 bridgehead atoms. The second-order valence-corrected chi connectivity index (χ2v) is 3.72. The summed E-state index contributed by atoms with van der Waals surface area (Å²) in [4.78, 5) is 0.